The highest BCUT2D eigenvalue weighted by Gasteiger charge is 2.21. The molecule has 2 aromatic heterocycles. The summed E-state index contributed by atoms with van der Waals surface area (Å²) < 4.78 is 2.00. The minimum atomic E-state index is 0.131. The van der Waals surface area contributed by atoms with Gasteiger partial charge in [0.15, 0.2) is 0 Å². The molecule has 1 aromatic carbocycles. The fraction of sp³-hybridized carbons (Fsp3) is 0.391. The van der Waals surface area contributed by atoms with Crippen LogP contribution < -0.4 is 5.32 Å². The van der Waals surface area contributed by atoms with Gasteiger partial charge in [-0.05, 0) is 49.9 Å². The van der Waals surface area contributed by atoms with E-state index in [1.165, 1.54) is 5.56 Å². The van der Waals surface area contributed by atoms with Crippen molar-refractivity contribution in [1.82, 2.24) is 19.6 Å². The van der Waals surface area contributed by atoms with E-state index in [-0.39, 0.29) is 11.9 Å². The van der Waals surface area contributed by atoms with Crippen LogP contribution in [0, 0.1) is 0 Å². The van der Waals surface area contributed by atoms with E-state index in [1.807, 2.05) is 35.0 Å². The van der Waals surface area contributed by atoms with Crippen LogP contribution in [0.5, 0.6) is 0 Å². The molecule has 0 bridgehead atoms. The molecule has 0 unspecified atom stereocenters. The van der Waals surface area contributed by atoms with Crippen molar-refractivity contribution in [3.8, 4) is 0 Å². The van der Waals surface area contributed by atoms with Crippen molar-refractivity contribution in [3.05, 3.63) is 72.2 Å². The third-order valence-electron chi connectivity index (χ3n) is 5.45. The Balaban J connectivity index is 1.22. The van der Waals surface area contributed by atoms with Crippen LogP contribution in [0.25, 0.3) is 5.65 Å². The zero-order valence-corrected chi connectivity index (χ0v) is 16.3. The minimum Gasteiger partial charge on any atom is -0.352 e. The van der Waals surface area contributed by atoms with Crippen LogP contribution in [0.1, 0.15) is 30.5 Å². The Morgan fingerprint density at radius 1 is 1.11 bits per heavy atom. The lowest BCUT2D eigenvalue weighted by molar-refractivity contribution is -0.122. The SMILES string of the molecule is O=C(CCc1cn2ccccc2n1)N[C@H]1CCCN(CCc2ccccc2)C1. The average Bonchev–Trinajstić information content (AvgIpc) is 3.15. The molecule has 0 spiro atoms. The summed E-state index contributed by atoms with van der Waals surface area (Å²) >= 11 is 0. The number of carbonyl (C=O) groups is 1. The molecule has 1 aliphatic rings. The van der Waals surface area contributed by atoms with Crippen LogP contribution in [-0.4, -0.2) is 45.9 Å². The van der Waals surface area contributed by atoms with Crippen LogP contribution in [0.2, 0.25) is 0 Å². The van der Waals surface area contributed by atoms with Gasteiger partial charge >= 0.3 is 0 Å². The van der Waals surface area contributed by atoms with Crippen LogP contribution in [-0.2, 0) is 17.6 Å². The van der Waals surface area contributed by atoms with Gasteiger partial charge in [-0.3, -0.25) is 4.79 Å². The largest absolute Gasteiger partial charge is 0.352 e. The Hall–Kier alpha value is -2.66. The van der Waals surface area contributed by atoms with Gasteiger partial charge in [-0.1, -0.05) is 36.4 Å². The quantitative estimate of drug-likeness (QED) is 0.689. The van der Waals surface area contributed by atoms with E-state index < -0.39 is 0 Å². The maximum Gasteiger partial charge on any atom is 0.220 e. The molecule has 4 rings (SSSR count). The molecular weight excluding hydrogens is 348 g/mol. The molecule has 1 amide bonds. The highest BCUT2D eigenvalue weighted by Crippen LogP contribution is 2.12. The number of hydrogen-bond donors (Lipinski definition) is 1. The number of imidazole rings is 1. The first-order valence-corrected chi connectivity index (χ1v) is 10.2. The normalized spacial score (nSPS) is 17.6. The van der Waals surface area contributed by atoms with Crippen molar-refractivity contribution < 1.29 is 4.79 Å². The van der Waals surface area contributed by atoms with E-state index in [0.29, 0.717) is 12.8 Å². The lowest BCUT2D eigenvalue weighted by Crippen LogP contribution is -2.48. The molecule has 1 N–H and O–H groups in total. The zero-order valence-electron chi connectivity index (χ0n) is 16.3. The Morgan fingerprint density at radius 2 is 1.96 bits per heavy atom. The van der Waals surface area contributed by atoms with Crippen molar-refractivity contribution in [2.45, 2.75) is 38.1 Å². The fourth-order valence-electron chi connectivity index (χ4n) is 3.96. The second-order valence-electron chi connectivity index (χ2n) is 7.64. The van der Waals surface area contributed by atoms with Crippen LogP contribution in [0.15, 0.2) is 60.9 Å². The number of fused-ring (bicyclic) bond motifs is 1. The predicted molar refractivity (Wildman–Crippen MR) is 111 cm³/mol. The number of benzene rings is 1. The third-order valence-corrected chi connectivity index (χ3v) is 5.45. The minimum absolute atomic E-state index is 0.131. The second kappa shape index (κ2) is 9.02. The van der Waals surface area contributed by atoms with Crippen molar-refractivity contribution in [2.75, 3.05) is 19.6 Å². The molecular formula is C23H28N4O. The third kappa shape index (κ3) is 4.98. The Kier molecular flexibility index (Phi) is 6.02. The van der Waals surface area contributed by atoms with E-state index in [2.05, 4.69) is 45.5 Å². The van der Waals surface area contributed by atoms with Crippen LogP contribution >= 0.6 is 0 Å². The van der Waals surface area contributed by atoms with Crippen molar-refractivity contribution >= 4 is 11.6 Å². The summed E-state index contributed by atoms with van der Waals surface area (Å²) in [4.78, 5) is 19.5. The summed E-state index contributed by atoms with van der Waals surface area (Å²) in [6.07, 6.45) is 8.44. The maximum atomic E-state index is 12.4. The topological polar surface area (TPSA) is 49.6 Å². The summed E-state index contributed by atoms with van der Waals surface area (Å²) in [7, 11) is 0. The molecule has 0 radical (unpaired) electrons. The van der Waals surface area contributed by atoms with Gasteiger partial charge in [0.25, 0.3) is 0 Å². The van der Waals surface area contributed by atoms with Gasteiger partial charge in [-0.25, -0.2) is 4.98 Å². The summed E-state index contributed by atoms with van der Waals surface area (Å²) in [5.41, 5.74) is 3.27. The van der Waals surface area contributed by atoms with Gasteiger partial charge in [-0.2, -0.15) is 0 Å². The standard InChI is InChI=1S/C23H28N4O/c28-23(12-11-21-18-27-15-5-4-10-22(27)24-21)25-20-9-6-14-26(17-20)16-13-19-7-2-1-3-8-19/h1-5,7-8,10,15,18,20H,6,9,11-14,16-17H2,(H,25,28)/t20-/m0/s1. The summed E-state index contributed by atoms with van der Waals surface area (Å²) in [6.45, 7) is 3.13. The van der Waals surface area contributed by atoms with E-state index in [4.69, 9.17) is 0 Å². The maximum absolute atomic E-state index is 12.4. The van der Waals surface area contributed by atoms with Crippen molar-refractivity contribution in [3.63, 3.8) is 0 Å². The molecule has 5 heteroatoms. The number of likely N-dealkylation sites (tertiary alicyclic amines) is 1. The Morgan fingerprint density at radius 3 is 2.82 bits per heavy atom. The molecule has 3 aromatic rings. The molecule has 0 aliphatic carbocycles. The number of rotatable bonds is 7. The number of hydrogen-bond acceptors (Lipinski definition) is 3. The molecule has 1 fully saturated rings. The van der Waals surface area contributed by atoms with Crippen LogP contribution in [0.3, 0.4) is 0 Å². The first-order chi connectivity index (χ1) is 13.8. The number of amides is 1. The van der Waals surface area contributed by atoms with Crippen LogP contribution in [0.4, 0.5) is 0 Å². The molecule has 146 valence electrons. The lowest BCUT2D eigenvalue weighted by atomic mass is 10.0. The second-order valence-corrected chi connectivity index (χ2v) is 7.64. The molecule has 1 aliphatic heterocycles. The predicted octanol–water partition coefficient (Wildman–Crippen LogP) is 3.09. The highest BCUT2D eigenvalue weighted by atomic mass is 16.1. The fourth-order valence-corrected chi connectivity index (χ4v) is 3.96. The molecule has 0 saturated carbocycles. The van der Waals surface area contributed by atoms with Gasteiger partial charge in [-0.15, -0.1) is 0 Å². The monoisotopic (exact) mass is 376 g/mol. The van der Waals surface area contributed by atoms with E-state index in [1.54, 1.807) is 0 Å². The van der Waals surface area contributed by atoms with E-state index in [0.717, 1.165) is 50.2 Å². The van der Waals surface area contributed by atoms with Gasteiger partial charge in [0, 0.05) is 37.9 Å². The first-order valence-electron chi connectivity index (χ1n) is 10.2. The number of aromatic nitrogens is 2. The molecule has 1 atom stereocenters. The molecule has 5 nitrogen and oxygen atoms in total. The summed E-state index contributed by atoms with van der Waals surface area (Å²) in [5, 5.41) is 3.24. The Bertz CT molecular complexity index is 872. The van der Waals surface area contributed by atoms with E-state index in [9.17, 15) is 4.79 Å². The van der Waals surface area contributed by atoms with Crippen molar-refractivity contribution in [2.24, 2.45) is 0 Å². The first kappa shape index (κ1) is 18.7. The van der Waals surface area contributed by atoms with Crippen molar-refractivity contribution in [1.29, 1.82) is 0 Å². The number of aryl methyl sites for hydroxylation is 1. The van der Waals surface area contributed by atoms with Gasteiger partial charge in [0.2, 0.25) is 5.91 Å². The summed E-state index contributed by atoms with van der Waals surface area (Å²) in [6, 6.07) is 16.8. The number of nitrogens with zero attached hydrogens (tertiary/aromatic N) is 3. The number of nitrogens with one attached hydrogen (secondary N) is 1. The van der Waals surface area contributed by atoms with E-state index >= 15 is 0 Å². The summed E-state index contributed by atoms with van der Waals surface area (Å²) in [5.74, 6) is 0.131. The molecule has 28 heavy (non-hydrogen) atoms. The van der Waals surface area contributed by atoms with Gasteiger partial charge in [0.05, 0.1) is 5.69 Å². The lowest BCUT2D eigenvalue weighted by Gasteiger charge is -2.33. The highest BCUT2D eigenvalue weighted by molar-refractivity contribution is 5.76. The van der Waals surface area contributed by atoms with Gasteiger partial charge in [0.1, 0.15) is 5.65 Å². The molecule has 3 heterocycles. The smallest absolute Gasteiger partial charge is 0.220 e. The zero-order chi connectivity index (χ0) is 19.2. The number of piperidine rings is 1. The number of pyridine rings is 1. The average molecular weight is 377 g/mol. The molecule has 1 saturated heterocycles. The van der Waals surface area contributed by atoms with Gasteiger partial charge < -0.3 is 14.6 Å². The number of carbonyl (C=O) groups excluding carboxylic acids is 1. The Labute approximate surface area is 166 Å².